The van der Waals surface area contributed by atoms with Gasteiger partial charge in [-0.15, -0.1) is 11.3 Å². The van der Waals surface area contributed by atoms with E-state index in [0.717, 1.165) is 25.6 Å². The molecule has 0 radical (unpaired) electrons. The number of nitrogens with two attached hydrogens (primary N) is 1. The first-order valence-corrected chi connectivity index (χ1v) is 7.62. The minimum atomic E-state index is 0.249. The molecule has 0 saturated heterocycles. The van der Waals surface area contributed by atoms with Gasteiger partial charge in [0.05, 0.1) is 0 Å². The molecule has 3 heteroatoms. The van der Waals surface area contributed by atoms with E-state index in [9.17, 15) is 0 Å². The van der Waals surface area contributed by atoms with Crippen molar-refractivity contribution >= 4 is 11.3 Å². The number of hydrogen-bond acceptors (Lipinski definition) is 3. The van der Waals surface area contributed by atoms with Gasteiger partial charge in [-0.3, -0.25) is 4.90 Å². The zero-order valence-electron chi connectivity index (χ0n) is 11.0. The van der Waals surface area contributed by atoms with Crippen molar-refractivity contribution < 1.29 is 0 Å². The van der Waals surface area contributed by atoms with E-state index < -0.39 is 0 Å². The maximum atomic E-state index is 6.13. The van der Waals surface area contributed by atoms with Gasteiger partial charge in [0.25, 0.3) is 0 Å². The first-order chi connectivity index (χ1) is 8.26. The van der Waals surface area contributed by atoms with Crippen molar-refractivity contribution in [3.05, 3.63) is 22.4 Å². The van der Waals surface area contributed by atoms with E-state index in [1.807, 2.05) is 11.3 Å². The lowest BCUT2D eigenvalue weighted by atomic mass is 9.87. The summed E-state index contributed by atoms with van der Waals surface area (Å²) < 4.78 is 0. The van der Waals surface area contributed by atoms with E-state index in [-0.39, 0.29) is 5.54 Å². The number of hydrogen-bond donors (Lipinski definition) is 1. The predicted octanol–water partition coefficient (Wildman–Crippen LogP) is 3.09. The van der Waals surface area contributed by atoms with Crippen molar-refractivity contribution in [2.24, 2.45) is 11.7 Å². The highest BCUT2D eigenvalue weighted by atomic mass is 32.1. The lowest BCUT2D eigenvalue weighted by Crippen LogP contribution is -2.54. The monoisotopic (exact) mass is 252 g/mol. The van der Waals surface area contributed by atoms with E-state index in [1.165, 1.54) is 24.1 Å². The molecule has 1 aromatic heterocycles. The zero-order chi connectivity index (χ0) is 12.3. The quantitative estimate of drug-likeness (QED) is 0.808. The van der Waals surface area contributed by atoms with Crippen LogP contribution in [0.1, 0.15) is 38.0 Å². The van der Waals surface area contributed by atoms with Crippen LogP contribution in [0.2, 0.25) is 0 Å². The third kappa shape index (κ3) is 2.56. The molecule has 1 fully saturated rings. The third-order valence-corrected chi connectivity index (χ3v) is 5.10. The Balaban J connectivity index is 2.14. The Morgan fingerprint density at radius 2 is 2.24 bits per heavy atom. The van der Waals surface area contributed by atoms with E-state index in [4.69, 9.17) is 5.73 Å². The second-order valence-corrected chi connectivity index (χ2v) is 6.06. The molecular formula is C14H24N2S. The van der Waals surface area contributed by atoms with Crippen LogP contribution in [-0.4, -0.2) is 23.5 Å². The van der Waals surface area contributed by atoms with Gasteiger partial charge in [0.15, 0.2) is 0 Å². The highest BCUT2D eigenvalue weighted by Gasteiger charge is 2.46. The molecule has 0 bridgehead atoms. The van der Waals surface area contributed by atoms with E-state index in [0.29, 0.717) is 0 Å². The summed E-state index contributed by atoms with van der Waals surface area (Å²) in [7, 11) is 0. The van der Waals surface area contributed by atoms with E-state index in [1.54, 1.807) is 0 Å². The molecule has 1 atom stereocenters. The Labute approximate surface area is 109 Å². The van der Waals surface area contributed by atoms with Crippen LogP contribution in [0.4, 0.5) is 0 Å². The largest absolute Gasteiger partial charge is 0.329 e. The zero-order valence-corrected chi connectivity index (χ0v) is 11.8. The molecule has 0 amide bonds. The van der Waals surface area contributed by atoms with Crippen LogP contribution in [0.15, 0.2) is 17.5 Å². The fourth-order valence-corrected chi connectivity index (χ4v) is 3.73. The standard InChI is InChI=1S/C14H24N2S/c1-3-14(11-15,12-7-8-12)16(4-2)10-13-6-5-9-17-13/h5-6,9,12H,3-4,7-8,10-11,15H2,1-2H3. The van der Waals surface area contributed by atoms with Gasteiger partial charge in [-0.2, -0.15) is 0 Å². The highest BCUT2D eigenvalue weighted by Crippen LogP contribution is 2.45. The summed E-state index contributed by atoms with van der Waals surface area (Å²) in [4.78, 5) is 4.06. The Hall–Kier alpha value is -0.380. The first kappa shape index (κ1) is 13.1. The lowest BCUT2D eigenvalue weighted by Gasteiger charge is -2.43. The molecule has 2 N–H and O–H groups in total. The Morgan fingerprint density at radius 3 is 2.65 bits per heavy atom. The molecule has 1 aromatic rings. The molecule has 1 aliphatic rings. The molecule has 1 heterocycles. The van der Waals surface area contributed by atoms with Crippen LogP contribution >= 0.6 is 11.3 Å². The van der Waals surface area contributed by atoms with Gasteiger partial charge in [-0.1, -0.05) is 19.9 Å². The maximum absolute atomic E-state index is 6.13. The summed E-state index contributed by atoms with van der Waals surface area (Å²) in [6, 6.07) is 4.37. The molecular weight excluding hydrogens is 228 g/mol. The minimum Gasteiger partial charge on any atom is -0.329 e. The molecule has 2 nitrogen and oxygen atoms in total. The van der Waals surface area contributed by atoms with Gasteiger partial charge in [0.1, 0.15) is 0 Å². The fraction of sp³-hybridized carbons (Fsp3) is 0.714. The summed E-state index contributed by atoms with van der Waals surface area (Å²) in [6.45, 7) is 7.51. The number of nitrogens with zero attached hydrogens (tertiary/aromatic N) is 1. The van der Waals surface area contributed by atoms with Gasteiger partial charge >= 0.3 is 0 Å². The van der Waals surface area contributed by atoms with Crippen molar-refractivity contribution in [3.63, 3.8) is 0 Å². The molecule has 0 aromatic carbocycles. The average Bonchev–Trinajstić information content (AvgIpc) is 3.08. The molecule has 2 rings (SSSR count). The topological polar surface area (TPSA) is 29.3 Å². The van der Waals surface area contributed by atoms with Gasteiger partial charge in [0, 0.05) is 23.5 Å². The minimum absolute atomic E-state index is 0.249. The Kier molecular flexibility index (Phi) is 4.23. The smallest absolute Gasteiger partial charge is 0.0360 e. The average molecular weight is 252 g/mol. The maximum Gasteiger partial charge on any atom is 0.0360 e. The Bertz CT molecular complexity index is 326. The number of thiophene rings is 1. The molecule has 1 unspecified atom stereocenters. The normalized spacial score (nSPS) is 19.5. The van der Waals surface area contributed by atoms with Crippen molar-refractivity contribution in [3.8, 4) is 0 Å². The summed E-state index contributed by atoms with van der Waals surface area (Å²) in [5, 5.41) is 2.16. The fourth-order valence-electron chi connectivity index (χ4n) is 3.01. The second-order valence-electron chi connectivity index (χ2n) is 5.03. The number of rotatable bonds is 7. The van der Waals surface area contributed by atoms with Crippen molar-refractivity contribution in [2.45, 2.75) is 45.2 Å². The van der Waals surface area contributed by atoms with Crippen LogP contribution in [0.5, 0.6) is 0 Å². The van der Waals surface area contributed by atoms with E-state index in [2.05, 4.69) is 36.3 Å². The molecule has 1 saturated carbocycles. The third-order valence-electron chi connectivity index (χ3n) is 4.24. The molecule has 17 heavy (non-hydrogen) atoms. The molecule has 0 aliphatic heterocycles. The Morgan fingerprint density at radius 1 is 1.47 bits per heavy atom. The second kappa shape index (κ2) is 5.51. The summed E-state index contributed by atoms with van der Waals surface area (Å²) in [5.41, 5.74) is 6.38. The lowest BCUT2D eigenvalue weighted by molar-refractivity contribution is 0.0667. The van der Waals surface area contributed by atoms with Crippen LogP contribution in [0, 0.1) is 5.92 Å². The molecule has 96 valence electrons. The van der Waals surface area contributed by atoms with Crippen LogP contribution < -0.4 is 5.73 Å². The summed E-state index contributed by atoms with van der Waals surface area (Å²) in [5.74, 6) is 0.831. The SMILES string of the molecule is CCN(Cc1cccs1)C(CC)(CN)C1CC1. The first-order valence-electron chi connectivity index (χ1n) is 6.74. The van der Waals surface area contributed by atoms with Gasteiger partial charge in [-0.05, 0) is 43.2 Å². The number of likely N-dealkylation sites (N-methyl/N-ethyl adjacent to an activating group) is 1. The molecule has 0 spiro atoms. The summed E-state index contributed by atoms with van der Waals surface area (Å²) in [6.07, 6.45) is 3.91. The van der Waals surface area contributed by atoms with Gasteiger partial charge in [0.2, 0.25) is 0 Å². The van der Waals surface area contributed by atoms with E-state index >= 15 is 0 Å². The van der Waals surface area contributed by atoms with Crippen LogP contribution in [0.3, 0.4) is 0 Å². The van der Waals surface area contributed by atoms with Crippen LogP contribution in [-0.2, 0) is 6.54 Å². The van der Waals surface area contributed by atoms with Crippen molar-refractivity contribution in [1.29, 1.82) is 0 Å². The predicted molar refractivity (Wildman–Crippen MR) is 75.2 cm³/mol. The van der Waals surface area contributed by atoms with Crippen LogP contribution in [0.25, 0.3) is 0 Å². The van der Waals surface area contributed by atoms with Crippen molar-refractivity contribution in [1.82, 2.24) is 4.90 Å². The van der Waals surface area contributed by atoms with Gasteiger partial charge in [-0.25, -0.2) is 0 Å². The highest BCUT2D eigenvalue weighted by molar-refractivity contribution is 7.09. The molecule has 1 aliphatic carbocycles. The summed E-state index contributed by atoms with van der Waals surface area (Å²) >= 11 is 1.85. The van der Waals surface area contributed by atoms with Gasteiger partial charge < -0.3 is 5.73 Å². The van der Waals surface area contributed by atoms with Crippen molar-refractivity contribution in [2.75, 3.05) is 13.1 Å².